The Hall–Kier alpha value is -6.16. The van der Waals surface area contributed by atoms with Gasteiger partial charge in [-0.3, -0.25) is 0 Å². The zero-order valence-corrected chi connectivity index (χ0v) is 29.2. The van der Waals surface area contributed by atoms with E-state index in [9.17, 15) is 0 Å². The van der Waals surface area contributed by atoms with E-state index in [-0.39, 0.29) is 6.04 Å². The summed E-state index contributed by atoms with van der Waals surface area (Å²) in [7, 11) is -2.61. The first kappa shape index (κ1) is 29.7. The van der Waals surface area contributed by atoms with Gasteiger partial charge in [0.2, 0.25) is 0 Å². The molecule has 2 heterocycles. The van der Waals surface area contributed by atoms with Gasteiger partial charge < -0.3 is 9.47 Å². The van der Waals surface area contributed by atoms with Gasteiger partial charge in [-0.2, -0.15) is 0 Å². The summed E-state index contributed by atoms with van der Waals surface area (Å²) in [5, 5.41) is 8.05. The van der Waals surface area contributed by atoms with Gasteiger partial charge in [0.25, 0.3) is 0 Å². The van der Waals surface area contributed by atoms with Gasteiger partial charge in [0.1, 0.15) is 0 Å². The molecule has 51 heavy (non-hydrogen) atoms. The summed E-state index contributed by atoms with van der Waals surface area (Å²) in [5.74, 6) is 0.361. The number of rotatable bonds is 6. The third kappa shape index (κ3) is 4.55. The van der Waals surface area contributed by atoms with Gasteiger partial charge in [-0.1, -0.05) is 164 Å². The molecule has 2 nitrogen and oxygen atoms in total. The Labute approximate surface area is 299 Å². The van der Waals surface area contributed by atoms with E-state index in [1.165, 1.54) is 65.2 Å². The lowest BCUT2D eigenvalue weighted by atomic mass is 9.91. The quantitative estimate of drug-likeness (QED) is 0.127. The van der Waals surface area contributed by atoms with Crippen LogP contribution >= 0.6 is 0 Å². The molecule has 0 fully saturated rings. The second-order valence-corrected chi connectivity index (χ2v) is 17.5. The van der Waals surface area contributed by atoms with E-state index in [0.29, 0.717) is 5.92 Å². The van der Waals surface area contributed by atoms with E-state index < -0.39 is 8.07 Å². The van der Waals surface area contributed by atoms with Gasteiger partial charge in [0.15, 0.2) is 8.07 Å². The number of anilines is 2. The molecule has 0 amide bonds. The van der Waals surface area contributed by atoms with Crippen LogP contribution in [0.1, 0.15) is 11.5 Å². The summed E-state index contributed by atoms with van der Waals surface area (Å²) in [5.41, 5.74) is 7.52. The van der Waals surface area contributed by atoms with Crippen LogP contribution in [0.15, 0.2) is 206 Å². The number of nitrogens with zero attached hydrogens (tertiary/aromatic N) is 2. The molecule has 7 aromatic carbocycles. The molecule has 0 saturated heterocycles. The summed E-state index contributed by atoms with van der Waals surface area (Å²) < 4.78 is 2.44. The van der Waals surface area contributed by atoms with Crippen LogP contribution < -0.4 is 25.6 Å². The zero-order valence-electron chi connectivity index (χ0n) is 28.2. The largest absolute Gasteiger partial charge is 0.333 e. The molecule has 242 valence electrons. The molecule has 2 aliphatic rings. The van der Waals surface area contributed by atoms with Gasteiger partial charge in [-0.25, -0.2) is 0 Å². The molecule has 3 heteroatoms. The second-order valence-electron chi connectivity index (χ2n) is 13.7. The Morgan fingerprint density at radius 1 is 0.412 bits per heavy atom. The summed E-state index contributed by atoms with van der Waals surface area (Å²) in [4.78, 5) is 2.53. The highest BCUT2D eigenvalue weighted by molar-refractivity contribution is 7.19. The summed E-state index contributed by atoms with van der Waals surface area (Å²) in [6, 6.07) is 68.0. The second kappa shape index (κ2) is 12.0. The Morgan fingerprint density at radius 3 is 1.63 bits per heavy atom. The molecule has 0 radical (unpaired) electrons. The average Bonchev–Trinajstić information content (AvgIpc) is 3.72. The predicted molar refractivity (Wildman–Crippen MR) is 218 cm³/mol. The van der Waals surface area contributed by atoms with E-state index in [1.807, 2.05) is 0 Å². The van der Waals surface area contributed by atoms with Crippen molar-refractivity contribution in [3.63, 3.8) is 0 Å². The molecule has 10 rings (SSSR count). The van der Waals surface area contributed by atoms with Crippen molar-refractivity contribution in [2.24, 2.45) is 0 Å². The molecule has 1 aliphatic carbocycles. The van der Waals surface area contributed by atoms with E-state index in [1.54, 1.807) is 0 Å². The number of fused-ring (bicyclic) bond motifs is 6. The summed E-state index contributed by atoms with van der Waals surface area (Å²) in [6.07, 6.45) is 9.08. The van der Waals surface area contributed by atoms with Crippen molar-refractivity contribution >= 4 is 62.0 Å². The van der Waals surface area contributed by atoms with E-state index >= 15 is 0 Å². The summed E-state index contributed by atoms with van der Waals surface area (Å²) >= 11 is 0. The number of hydrogen-bond donors (Lipinski definition) is 0. The first-order chi connectivity index (χ1) is 25.3. The SMILES string of the molecule is C1=CC2c3ccccc3N(c3ccc4c(c3)c3ccccc3n4-c3ccc([Si](c4ccccc4)(c4ccccc4)c4ccccc4)cc3)C2C=C1. The molecule has 0 spiro atoms. The predicted octanol–water partition coefficient (Wildman–Crippen LogP) is 8.89. The van der Waals surface area contributed by atoms with Crippen molar-refractivity contribution in [1.82, 2.24) is 4.57 Å². The van der Waals surface area contributed by atoms with Crippen molar-refractivity contribution in [3.8, 4) is 5.69 Å². The third-order valence-corrected chi connectivity index (χ3v) is 15.9. The number of benzene rings is 7. The number of para-hydroxylation sites is 2. The Kier molecular flexibility index (Phi) is 7.00. The van der Waals surface area contributed by atoms with Crippen LogP contribution in [-0.4, -0.2) is 18.7 Å². The smallest absolute Gasteiger partial charge is 0.179 e. The molecule has 2 unspecified atom stereocenters. The van der Waals surface area contributed by atoms with Crippen LogP contribution in [0.4, 0.5) is 11.4 Å². The fraction of sp³-hybridized carbons (Fsp3) is 0.0417. The minimum atomic E-state index is -2.61. The monoisotopic (exact) mass is 668 g/mol. The van der Waals surface area contributed by atoms with Crippen molar-refractivity contribution in [2.75, 3.05) is 4.90 Å². The highest BCUT2D eigenvalue weighted by atomic mass is 28.3. The number of allylic oxidation sites excluding steroid dienone is 2. The average molecular weight is 669 g/mol. The molecule has 0 N–H and O–H groups in total. The maximum Gasteiger partial charge on any atom is 0.179 e. The third-order valence-electron chi connectivity index (χ3n) is 11.1. The molecule has 0 bridgehead atoms. The van der Waals surface area contributed by atoms with Crippen LogP contribution in [-0.2, 0) is 0 Å². The maximum atomic E-state index is 2.53. The molecule has 1 aromatic heterocycles. The number of aromatic nitrogens is 1. The van der Waals surface area contributed by atoms with E-state index in [2.05, 4.69) is 216 Å². The summed E-state index contributed by atoms with van der Waals surface area (Å²) in [6.45, 7) is 0. The van der Waals surface area contributed by atoms with Crippen LogP contribution in [0.25, 0.3) is 27.5 Å². The Morgan fingerprint density at radius 2 is 0.941 bits per heavy atom. The highest BCUT2D eigenvalue weighted by Gasteiger charge is 2.41. The van der Waals surface area contributed by atoms with Crippen LogP contribution in [0.2, 0.25) is 0 Å². The Balaban J connectivity index is 1.14. The normalized spacial score (nSPS) is 16.4. The van der Waals surface area contributed by atoms with Gasteiger partial charge >= 0.3 is 0 Å². The minimum Gasteiger partial charge on any atom is -0.333 e. The fourth-order valence-electron chi connectivity index (χ4n) is 8.90. The Bertz CT molecular complexity index is 2490. The topological polar surface area (TPSA) is 8.17 Å². The van der Waals surface area contributed by atoms with E-state index in [0.717, 1.165) is 0 Å². The van der Waals surface area contributed by atoms with Crippen LogP contribution in [0, 0.1) is 0 Å². The maximum absolute atomic E-state index is 2.61. The first-order valence-electron chi connectivity index (χ1n) is 17.9. The lowest BCUT2D eigenvalue weighted by Gasteiger charge is -2.34. The molecule has 1 aliphatic heterocycles. The standard InChI is InChI=1S/C48H36N2Si/c1-4-16-37(17-5-1)51(38-18-6-2-7-19-38,39-20-8-3-9-21-39)40-31-28-35(29-32-40)49-47-27-15-12-24-43(47)44-34-36(30-33-48(44)49)50-45-25-13-10-22-41(45)42-23-11-14-26-46(42)50/h1-34,41,45H. The van der Waals surface area contributed by atoms with Crippen molar-refractivity contribution in [2.45, 2.75) is 12.0 Å². The lowest BCUT2D eigenvalue weighted by molar-refractivity contribution is 0.745. The van der Waals surface area contributed by atoms with Crippen LogP contribution in [0.3, 0.4) is 0 Å². The minimum absolute atomic E-state index is 0.272. The van der Waals surface area contributed by atoms with Crippen molar-refractivity contribution < 1.29 is 0 Å². The molecular weight excluding hydrogens is 633 g/mol. The zero-order chi connectivity index (χ0) is 33.8. The van der Waals surface area contributed by atoms with Gasteiger partial charge in [0.05, 0.1) is 17.1 Å². The molecule has 8 aromatic rings. The lowest BCUT2D eigenvalue weighted by Crippen LogP contribution is -2.74. The fourth-order valence-corrected chi connectivity index (χ4v) is 13.6. The molecular formula is C48H36N2Si. The van der Waals surface area contributed by atoms with Crippen molar-refractivity contribution in [1.29, 1.82) is 0 Å². The first-order valence-corrected chi connectivity index (χ1v) is 19.9. The van der Waals surface area contributed by atoms with Gasteiger partial charge in [-0.15, -0.1) is 0 Å². The highest BCUT2D eigenvalue weighted by Crippen LogP contribution is 2.48. The van der Waals surface area contributed by atoms with Crippen molar-refractivity contribution in [3.05, 3.63) is 212 Å². The van der Waals surface area contributed by atoms with E-state index in [4.69, 9.17) is 0 Å². The van der Waals surface area contributed by atoms with Gasteiger partial charge in [0, 0.05) is 33.8 Å². The van der Waals surface area contributed by atoms with Gasteiger partial charge in [-0.05, 0) is 68.8 Å². The molecule has 0 saturated carbocycles. The van der Waals surface area contributed by atoms with Crippen LogP contribution in [0.5, 0.6) is 0 Å². The molecule has 2 atom stereocenters. The number of hydrogen-bond acceptors (Lipinski definition) is 1.